The van der Waals surface area contributed by atoms with Crippen molar-refractivity contribution in [3.05, 3.63) is 71.8 Å². The van der Waals surface area contributed by atoms with E-state index in [2.05, 4.69) is 0 Å². The zero-order chi connectivity index (χ0) is 45.7. The van der Waals surface area contributed by atoms with Crippen molar-refractivity contribution in [1.82, 2.24) is 0 Å². The van der Waals surface area contributed by atoms with E-state index in [1.807, 2.05) is 60.7 Å². The normalized spacial score (nSPS) is 11.1. The molecule has 0 heterocycles. The third-order valence-corrected chi connectivity index (χ3v) is 9.42. The second-order valence-corrected chi connectivity index (χ2v) is 16.3. The molecule has 2 aromatic carbocycles. The van der Waals surface area contributed by atoms with Crippen molar-refractivity contribution in [2.75, 3.05) is 142 Å². The van der Waals surface area contributed by atoms with Crippen molar-refractivity contribution < 1.29 is 76.3 Å². The molecule has 0 amide bonds. The van der Waals surface area contributed by atoms with Crippen molar-refractivity contribution in [2.45, 2.75) is 52.4 Å². The Morgan fingerprint density at radius 3 is 1.14 bits per heavy atom. The Balaban J connectivity index is 0.000000646. The molecule has 0 aliphatic carbocycles. The minimum absolute atomic E-state index is 0.0308. The number of rotatable bonds is 39. The average molecular weight is 933 g/mol. The SMILES string of the molecule is CC(C)(C)OC(=O)OCCOCCOCCOCCOCCCSCC(=O)OCc1ccccc1.O=C(CSCCCOCCOCCOCCOCCO)OCc1ccccc1. The summed E-state index contributed by atoms with van der Waals surface area (Å²) in [5.41, 5.74) is 1.41. The molecule has 0 bridgehead atoms. The highest BCUT2D eigenvalue weighted by molar-refractivity contribution is 8.00. The van der Waals surface area contributed by atoms with Gasteiger partial charge in [0.2, 0.25) is 0 Å². The number of hydrogen-bond acceptors (Lipinski definition) is 18. The number of benzene rings is 2. The molecule has 0 fully saturated rings. The average Bonchev–Trinajstić information content (AvgIpc) is 3.27. The van der Waals surface area contributed by atoms with E-state index < -0.39 is 11.8 Å². The van der Waals surface area contributed by atoms with Crippen LogP contribution in [0.1, 0.15) is 44.7 Å². The van der Waals surface area contributed by atoms with Crippen LogP contribution in [0.3, 0.4) is 0 Å². The first-order chi connectivity index (χ1) is 30.7. The summed E-state index contributed by atoms with van der Waals surface area (Å²) in [4.78, 5) is 34.7. The summed E-state index contributed by atoms with van der Waals surface area (Å²) < 4.78 is 63.2. The largest absolute Gasteiger partial charge is 0.508 e. The molecule has 1 N–H and O–H groups in total. The molecular formula is C45H72O16S2. The summed E-state index contributed by atoms with van der Waals surface area (Å²) in [6.45, 7) is 13.9. The Morgan fingerprint density at radius 2 is 0.794 bits per heavy atom. The summed E-state index contributed by atoms with van der Waals surface area (Å²) in [5, 5.41) is 8.53. The number of hydrogen-bond donors (Lipinski definition) is 1. The van der Waals surface area contributed by atoms with Gasteiger partial charge in [-0.1, -0.05) is 60.7 Å². The van der Waals surface area contributed by atoms with Crippen LogP contribution in [0, 0.1) is 0 Å². The van der Waals surface area contributed by atoms with Crippen molar-refractivity contribution in [3.8, 4) is 0 Å². The molecular weight excluding hydrogens is 861 g/mol. The third-order valence-electron chi connectivity index (χ3n) is 7.38. The van der Waals surface area contributed by atoms with Gasteiger partial charge in [-0.3, -0.25) is 9.59 Å². The van der Waals surface area contributed by atoms with Gasteiger partial charge in [0.15, 0.2) is 0 Å². The Bertz CT molecular complexity index is 1340. The smallest absolute Gasteiger partial charge is 0.460 e. The summed E-state index contributed by atoms with van der Waals surface area (Å²) >= 11 is 3.10. The fourth-order valence-corrected chi connectivity index (χ4v) is 5.88. The lowest BCUT2D eigenvalue weighted by atomic mass is 10.2. The molecule has 16 nitrogen and oxygen atoms in total. The molecule has 2 rings (SSSR count). The van der Waals surface area contributed by atoms with Crippen molar-refractivity contribution in [3.63, 3.8) is 0 Å². The lowest BCUT2D eigenvalue weighted by Gasteiger charge is -2.18. The highest BCUT2D eigenvalue weighted by Crippen LogP contribution is 2.09. The van der Waals surface area contributed by atoms with Crippen molar-refractivity contribution in [2.24, 2.45) is 0 Å². The van der Waals surface area contributed by atoms with Crippen LogP contribution in [0.4, 0.5) is 4.79 Å². The molecule has 0 spiro atoms. The van der Waals surface area contributed by atoms with E-state index in [4.69, 9.17) is 61.9 Å². The number of ether oxygens (including phenoxy) is 12. The van der Waals surface area contributed by atoms with Gasteiger partial charge < -0.3 is 61.9 Å². The highest BCUT2D eigenvalue weighted by Gasteiger charge is 2.17. The second kappa shape index (κ2) is 42.9. The van der Waals surface area contributed by atoms with Gasteiger partial charge in [-0.15, -0.1) is 0 Å². The predicted octanol–water partition coefficient (Wildman–Crippen LogP) is 5.78. The van der Waals surface area contributed by atoms with Crippen LogP contribution >= 0.6 is 23.5 Å². The van der Waals surface area contributed by atoms with Crippen molar-refractivity contribution >= 4 is 41.6 Å². The van der Waals surface area contributed by atoms with Gasteiger partial charge in [-0.05, 0) is 56.2 Å². The monoisotopic (exact) mass is 932 g/mol. The summed E-state index contributed by atoms with van der Waals surface area (Å²) in [6, 6.07) is 19.3. The zero-order valence-electron chi connectivity index (χ0n) is 37.5. The Hall–Kier alpha value is -3.01. The number of thioether (sulfide) groups is 2. The number of carbonyl (C=O) groups excluding carboxylic acids is 3. The molecule has 0 radical (unpaired) electrons. The highest BCUT2D eigenvalue weighted by atomic mass is 32.2. The van der Waals surface area contributed by atoms with Crippen LogP contribution in [-0.2, 0) is 79.6 Å². The van der Waals surface area contributed by atoms with E-state index in [1.54, 1.807) is 44.3 Å². The quantitative estimate of drug-likeness (QED) is 0.0483. The molecule has 0 atom stereocenters. The maximum Gasteiger partial charge on any atom is 0.508 e. The van der Waals surface area contributed by atoms with Crippen LogP contribution < -0.4 is 0 Å². The lowest BCUT2D eigenvalue weighted by molar-refractivity contribution is -0.142. The van der Waals surface area contributed by atoms with Crippen LogP contribution in [0.2, 0.25) is 0 Å². The topological polar surface area (TPSA) is 182 Å². The first-order valence-electron chi connectivity index (χ1n) is 21.3. The molecule has 18 heteroatoms. The standard InChI is InChI=1S/C25H40O9S.C20H32O7S/c1-25(2,3)34-24(27)32-18-17-31-16-15-30-14-13-29-12-11-28-10-7-19-35-21-23(26)33-20-22-8-5-4-6-9-22;21-7-9-24-11-13-26-15-14-25-12-10-23-8-4-16-28-18-20(22)27-17-19-5-2-1-3-6-19/h4-6,8-9H,7,10-21H2,1-3H3;1-3,5-6,21H,4,7-18H2. The summed E-state index contributed by atoms with van der Waals surface area (Å²) in [5.74, 6) is 2.01. The van der Waals surface area contributed by atoms with Gasteiger partial charge in [0.1, 0.15) is 25.4 Å². The minimum atomic E-state index is -0.700. The van der Waals surface area contributed by atoms with Crippen molar-refractivity contribution in [1.29, 1.82) is 0 Å². The molecule has 0 aliphatic heterocycles. The third kappa shape index (κ3) is 42.7. The first kappa shape index (κ1) is 58.0. The number of aliphatic hydroxyl groups excluding tert-OH is 1. The van der Waals surface area contributed by atoms with Gasteiger partial charge in [-0.2, -0.15) is 23.5 Å². The van der Waals surface area contributed by atoms with Crippen LogP contribution in [-0.4, -0.2) is 171 Å². The van der Waals surface area contributed by atoms with Gasteiger partial charge in [0.25, 0.3) is 0 Å². The Labute approximate surface area is 382 Å². The van der Waals surface area contributed by atoms with Gasteiger partial charge in [-0.25, -0.2) is 4.79 Å². The number of carbonyl (C=O) groups is 3. The van der Waals surface area contributed by atoms with E-state index in [0.29, 0.717) is 124 Å². The summed E-state index contributed by atoms with van der Waals surface area (Å²) in [6.07, 6.45) is 1.05. The van der Waals surface area contributed by atoms with E-state index in [1.165, 1.54) is 0 Å². The lowest BCUT2D eigenvalue weighted by Crippen LogP contribution is -2.25. The molecule has 0 saturated carbocycles. The van der Waals surface area contributed by atoms with Crippen LogP contribution in [0.25, 0.3) is 0 Å². The summed E-state index contributed by atoms with van der Waals surface area (Å²) in [7, 11) is 0. The molecule has 360 valence electrons. The predicted molar refractivity (Wildman–Crippen MR) is 242 cm³/mol. The molecule has 0 saturated heterocycles. The molecule has 2 aromatic rings. The maximum absolute atomic E-state index is 11.7. The fraction of sp³-hybridized carbons (Fsp3) is 0.667. The minimum Gasteiger partial charge on any atom is -0.460 e. The van der Waals surface area contributed by atoms with Gasteiger partial charge in [0.05, 0.1) is 111 Å². The Morgan fingerprint density at radius 1 is 0.460 bits per heavy atom. The van der Waals surface area contributed by atoms with Crippen LogP contribution in [0.5, 0.6) is 0 Å². The maximum atomic E-state index is 11.7. The van der Waals surface area contributed by atoms with E-state index in [9.17, 15) is 14.4 Å². The zero-order valence-corrected chi connectivity index (χ0v) is 39.2. The van der Waals surface area contributed by atoms with E-state index in [0.717, 1.165) is 35.5 Å². The van der Waals surface area contributed by atoms with E-state index in [-0.39, 0.29) is 31.8 Å². The molecule has 0 aromatic heterocycles. The Kier molecular flexibility index (Phi) is 39.5. The van der Waals surface area contributed by atoms with Crippen LogP contribution in [0.15, 0.2) is 60.7 Å². The molecule has 63 heavy (non-hydrogen) atoms. The van der Waals surface area contributed by atoms with Gasteiger partial charge in [0, 0.05) is 13.2 Å². The van der Waals surface area contributed by atoms with E-state index >= 15 is 0 Å². The first-order valence-corrected chi connectivity index (χ1v) is 23.6. The molecule has 0 unspecified atom stereocenters. The number of aliphatic hydroxyl groups is 1. The second-order valence-electron chi connectivity index (χ2n) is 14.0. The van der Waals surface area contributed by atoms with Gasteiger partial charge >= 0.3 is 18.1 Å². The molecule has 0 aliphatic rings. The number of esters is 2. The fourth-order valence-electron chi connectivity index (χ4n) is 4.45.